The van der Waals surface area contributed by atoms with Crippen LogP contribution in [-0.2, 0) is 0 Å². The summed E-state index contributed by atoms with van der Waals surface area (Å²) in [6.45, 7) is 0. The highest BCUT2D eigenvalue weighted by Gasteiger charge is 1.99. The molecule has 0 saturated heterocycles. The van der Waals surface area contributed by atoms with E-state index in [1.165, 1.54) is 0 Å². The maximum Gasteiger partial charge on any atom is 0.138 e. The molecule has 2 nitrogen and oxygen atoms in total. The maximum absolute atomic E-state index is 4.22. The van der Waals surface area contributed by atoms with Crippen LogP contribution in [0.2, 0.25) is 0 Å². The number of nitrogens with zero attached hydrogens (tertiary/aromatic N) is 2. The predicted octanol–water partition coefficient (Wildman–Crippen LogP) is 2.86. The third-order valence-corrected chi connectivity index (χ3v) is 2.44. The smallest absolute Gasteiger partial charge is 0.138 e. The van der Waals surface area contributed by atoms with E-state index in [0.717, 1.165) is 14.9 Å². The van der Waals surface area contributed by atoms with Crippen LogP contribution in [0.5, 0.6) is 0 Å². The molecule has 0 unspecified atom stereocenters. The van der Waals surface area contributed by atoms with Gasteiger partial charge in [-0.3, -0.25) is 4.40 Å². The summed E-state index contributed by atoms with van der Waals surface area (Å²) in [5.41, 5.74) is 0.936. The summed E-state index contributed by atoms with van der Waals surface area (Å²) in [7, 11) is 0. The van der Waals surface area contributed by atoms with Crippen LogP contribution in [0.1, 0.15) is 0 Å². The van der Waals surface area contributed by atoms with Gasteiger partial charge in [0.15, 0.2) is 0 Å². The number of pyridine rings is 1. The molecule has 4 heteroatoms. The molecular formula is C7H4Br2N2. The lowest BCUT2D eigenvalue weighted by molar-refractivity contribution is 1.14. The summed E-state index contributed by atoms with van der Waals surface area (Å²) in [6.07, 6.45) is 1.92. The average molecular weight is 276 g/mol. The van der Waals surface area contributed by atoms with Gasteiger partial charge in [-0.1, -0.05) is 6.07 Å². The molecule has 11 heavy (non-hydrogen) atoms. The van der Waals surface area contributed by atoms with Gasteiger partial charge in [-0.2, -0.15) is 0 Å². The molecule has 0 aliphatic rings. The second-order valence-electron chi connectivity index (χ2n) is 2.14. The van der Waals surface area contributed by atoms with E-state index in [1.807, 2.05) is 28.8 Å². The second kappa shape index (κ2) is 2.60. The fourth-order valence-corrected chi connectivity index (χ4v) is 1.77. The molecule has 0 fully saturated rings. The predicted molar refractivity (Wildman–Crippen MR) is 50.6 cm³/mol. The minimum Gasteiger partial charge on any atom is -0.293 e. The minimum absolute atomic E-state index is 0.851. The first-order valence-corrected chi connectivity index (χ1v) is 4.65. The SMILES string of the molecule is Brc1cn2c(Br)cccc2n1. The van der Waals surface area contributed by atoms with Crippen molar-refractivity contribution in [2.45, 2.75) is 0 Å². The average Bonchev–Trinajstić information content (AvgIpc) is 2.31. The number of hydrogen-bond acceptors (Lipinski definition) is 1. The highest BCUT2D eigenvalue weighted by atomic mass is 79.9. The lowest BCUT2D eigenvalue weighted by Crippen LogP contribution is -1.82. The van der Waals surface area contributed by atoms with Crippen molar-refractivity contribution in [2.24, 2.45) is 0 Å². The van der Waals surface area contributed by atoms with Crippen molar-refractivity contribution in [3.63, 3.8) is 0 Å². The van der Waals surface area contributed by atoms with Crippen LogP contribution in [0.15, 0.2) is 33.6 Å². The Morgan fingerprint density at radius 2 is 2.09 bits per heavy atom. The van der Waals surface area contributed by atoms with Crippen LogP contribution in [-0.4, -0.2) is 9.38 Å². The third kappa shape index (κ3) is 1.20. The van der Waals surface area contributed by atoms with Crippen molar-refractivity contribution < 1.29 is 0 Å². The zero-order valence-corrected chi connectivity index (χ0v) is 8.63. The molecule has 0 radical (unpaired) electrons. The quantitative estimate of drug-likeness (QED) is 0.676. The molecule has 0 atom stereocenters. The molecule has 0 bridgehead atoms. The van der Waals surface area contributed by atoms with Gasteiger partial charge in [0.25, 0.3) is 0 Å². The van der Waals surface area contributed by atoms with Crippen molar-refractivity contribution in [1.29, 1.82) is 0 Å². The molecule has 2 rings (SSSR count). The largest absolute Gasteiger partial charge is 0.293 e. The standard InChI is InChI=1S/C7H4Br2N2/c8-5-4-11-6(9)2-1-3-7(11)10-5/h1-4H. The van der Waals surface area contributed by atoms with E-state index in [2.05, 4.69) is 36.8 Å². The van der Waals surface area contributed by atoms with Gasteiger partial charge >= 0.3 is 0 Å². The van der Waals surface area contributed by atoms with Crippen LogP contribution >= 0.6 is 31.9 Å². The molecule has 0 saturated carbocycles. The molecular weight excluding hydrogens is 272 g/mol. The summed E-state index contributed by atoms with van der Waals surface area (Å²) < 4.78 is 3.82. The van der Waals surface area contributed by atoms with E-state index in [1.54, 1.807) is 0 Å². The van der Waals surface area contributed by atoms with Crippen LogP contribution in [0.3, 0.4) is 0 Å². The van der Waals surface area contributed by atoms with Gasteiger partial charge < -0.3 is 0 Å². The second-order valence-corrected chi connectivity index (χ2v) is 3.77. The first-order chi connectivity index (χ1) is 5.27. The van der Waals surface area contributed by atoms with E-state index < -0.39 is 0 Å². The van der Waals surface area contributed by atoms with Crippen LogP contribution < -0.4 is 0 Å². The monoisotopic (exact) mass is 274 g/mol. The fourth-order valence-electron chi connectivity index (χ4n) is 0.947. The Bertz CT molecular complexity index is 394. The molecule has 2 aromatic heterocycles. The van der Waals surface area contributed by atoms with Crippen molar-refractivity contribution in [2.75, 3.05) is 0 Å². The van der Waals surface area contributed by atoms with Gasteiger partial charge in [0, 0.05) is 6.20 Å². The Hall–Kier alpha value is -0.350. The van der Waals surface area contributed by atoms with Gasteiger partial charge in [0.2, 0.25) is 0 Å². The van der Waals surface area contributed by atoms with E-state index in [4.69, 9.17) is 0 Å². The van der Waals surface area contributed by atoms with Crippen molar-refractivity contribution in [1.82, 2.24) is 9.38 Å². The van der Waals surface area contributed by atoms with Crippen LogP contribution in [0, 0.1) is 0 Å². The zero-order chi connectivity index (χ0) is 7.84. The number of imidazole rings is 1. The highest BCUT2D eigenvalue weighted by Crippen LogP contribution is 2.16. The van der Waals surface area contributed by atoms with E-state index in [9.17, 15) is 0 Å². The Balaban J connectivity index is 2.90. The number of halogens is 2. The van der Waals surface area contributed by atoms with Crippen molar-refractivity contribution in [3.8, 4) is 0 Å². The summed E-state index contributed by atoms with van der Waals surface area (Å²) in [4.78, 5) is 4.22. The first-order valence-electron chi connectivity index (χ1n) is 3.06. The molecule has 0 aromatic carbocycles. The van der Waals surface area contributed by atoms with Crippen molar-refractivity contribution in [3.05, 3.63) is 33.6 Å². The normalized spacial score (nSPS) is 10.7. The molecule has 2 heterocycles. The van der Waals surface area contributed by atoms with Crippen LogP contribution in [0.4, 0.5) is 0 Å². The highest BCUT2D eigenvalue weighted by molar-refractivity contribution is 9.10. The summed E-state index contributed by atoms with van der Waals surface area (Å²) in [5.74, 6) is 0. The Morgan fingerprint density at radius 3 is 2.82 bits per heavy atom. The lowest BCUT2D eigenvalue weighted by atomic mass is 10.5. The Morgan fingerprint density at radius 1 is 1.27 bits per heavy atom. The first kappa shape index (κ1) is 7.31. The molecule has 0 aliphatic carbocycles. The number of aromatic nitrogens is 2. The van der Waals surface area contributed by atoms with Gasteiger partial charge in [-0.15, -0.1) is 0 Å². The van der Waals surface area contributed by atoms with E-state index >= 15 is 0 Å². The number of rotatable bonds is 0. The van der Waals surface area contributed by atoms with Crippen LogP contribution in [0.25, 0.3) is 5.65 Å². The van der Waals surface area contributed by atoms with Gasteiger partial charge in [-0.05, 0) is 44.0 Å². The summed E-state index contributed by atoms with van der Waals surface area (Å²) in [5, 5.41) is 0. The molecule has 0 aliphatic heterocycles. The fraction of sp³-hybridized carbons (Fsp3) is 0. The Labute approximate surface area is 80.5 Å². The lowest BCUT2D eigenvalue weighted by Gasteiger charge is -1.93. The molecule has 0 N–H and O–H groups in total. The maximum atomic E-state index is 4.22. The van der Waals surface area contributed by atoms with Gasteiger partial charge in [0.1, 0.15) is 10.3 Å². The third-order valence-electron chi connectivity index (χ3n) is 1.41. The topological polar surface area (TPSA) is 17.3 Å². The summed E-state index contributed by atoms with van der Waals surface area (Å²) >= 11 is 6.72. The zero-order valence-electron chi connectivity index (χ0n) is 5.46. The van der Waals surface area contributed by atoms with Gasteiger partial charge in [0.05, 0.1) is 4.60 Å². The van der Waals surface area contributed by atoms with Crippen molar-refractivity contribution >= 4 is 37.5 Å². The summed E-state index contributed by atoms with van der Waals surface area (Å²) in [6, 6.07) is 5.88. The molecule has 0 amide bonds. The molecule has 2 aromatic rings. The number of hydrogen-bond donors (Lipinski definition) is 0. The van der Waals surface area contributed by atoms with E-state index in [0.29, 0.717) is 0 Å². The van der Waals surface area contributed by atoms with Gasteiger partial charge in [-0.25, -0.2) is 4.98 Å². The Kier molecular flexibility index (Phi) is 1.73. The molecule has 56 valence electrons. The van der Waals surface area contributed by atoms with E-state index in [-0.39, 0.29) is 0 Å². The molecule has 0 spiro atoms. The minimum atomic E-state index is 0.851. The number of fused-ring (bicyclic) bond motifs is 1.